The van der Waals surface area contributed by atoms with Crippen molar-refractivity contribution in [1.82, 2.24) is 20.2 Å². The van der Waals surface area contributed by atoms with Gasteiger partial charge in [-0.05, 0) is 31.2 Å². The molecule has 1 aromatic heterocycles. The van der Waals surface area contributed by atoms with Crippen LogP contribution in [0.5, 0.6) is 0 Å². The van der Waals surface area contributed by atoms with Gasteiger partial charge in [-0.25, -0.2) is 4.98 Å². The highest BCUT2D eigenvalue weighted by Gasteiger charge is 2.54. The van der Waals surface area contributed by atoms with E-state index in [0.29, 0.717) is 12.5 Å². The molecule has 0 bridgehead atoms. The van der Waals surface area contributed by atoms with E-state index in [1.165, 1.54) is 18.4 Å². The second-order valence-electron chi connectivity index (χ2n) is 7.56. The Morgan fingerprint density at radius 3 is 3.00 bits per heavy atom. The summed E-state index contributed by atoms with van der Waals surface area (Å²) in [6.45, 7) is 5.34. The van der Waals surface area contributed by atoms with Crippen molar-refractivity contribution in [2.24, 2.45) is 11.3 Å². The molecule has 0 spiro atoms. The number of hydrogen-bond donors (Lipinski definition) is 2. The first-order valence-corrected chi connectivity index (χ1v) is 9.21. The lowest BCUT2D eigenvalue weighted by atomic mass is 9.80. The molecule has 2 fully saturated rings. The lowest BCUT2D eigenvalue weighted by molar-refractivity contribution is -0.131. The zero-order valence-corrected chi connectivity index (χ0v) is 14.8. The molecule has 2 N–H and O–H groups in total. The van der Waals surface area contributed by atoms with Crippen LogP contribution in [-0.2, 0) is 17.9 Å². The first-order valence-electron chi connectivity index (χ1n) is 9.21. The average Bonchev–Trinajstić information content (AvgIpc) is 3.28. The molecular formula is C20H26N4O. The maximum Gasteiger partial charge on any atom is 0.228 e. The van der Waals surface area contributed by atoms with Crippen molar-refractivity contribution in [2.45, 2.75) is 39.3 Å². The van der Waals surface area contributed by atoms with E-state index in [9.17, 15) is 4.79 Å². The maximum absolute atomic E-state index is 13.1. The fourth-order valence-corrected chi connectivity index (χ4v) is 4.63. The van der Waals surface area contributed by atoms with Crippen LogP contribution in [0.1, 0.15) is 36.2 Å². The number of hydrogen-bond acceptors (Lipinski definition) is 3. The minimum atomic E-state index is -0.209. The van der Waals surface area contributed by atoms with Gasteiger partial charge in [0.15, 0.2) is 0 Å². The smallest absolute Gasteiger partial charge is 0.228 e. The molecule has 0 radical (unpaired) electrons. The monoisotopic (exact) mass is 338 g/mol. The average molecular weight is 338 g/mol. The molecule has 132 valence electrons. The Bertz CT molecular complexity index is 741. The number of benzene rings is 1. The van der Waals surface area contributed by atoms with Crippen molar-refractivity contribution in [1.29, 1.82) is 0 Å². The zero-order valence-electron chi connectivity index (χ0n) is 14.8. The van der Waals surface area contributed by atoms with Crippen LogP contribution in [-0.4, -0.2) is 33.9 Å². The predicted molar refractivity (Wildman–Crippen MR) is 96.7 cm³/mol. The van der Waals surface area contributed by atoms with Crippen LogP contribution in [0.15, 0.2) is 36.7 Å². The Kier molecular flexibility index (Phi) is 4.34. The zero-order chi connectivity index (χ0) is 17.3. The minimum Gasteiger partial charge on any atom is -0.350 e. The van der Waals surface area contributed by atoms with Gasteiger partial charge in [-0.15, -0.1) is 0 Å². The number of nitrogens with one attached hydrogen (secondary N) is 2. The highest BCUT2D eigenvalue weighted by molar-refractivity contribution is 5.84. The summed E-state index contributed by atoms with van der Waals surface area (Å²) in [7, 11) is 0. The summed E-state index contributed by atoms with van der Waals surface area (Å²) in [6, 6.07) is 10.6. The van der Waals surface area contributed by atoms with Gasteiger partial charge >= 0.3 is 0 Å². The number of fused-ring (bicyclic) bond motifs is 1. The molecule has 1 aliphatic heterocycles. The van der Waals surface area contributed by atoms with Gasteiger partial charge < -0.3 is 10.3 Å². The highest BCUT2D eigenvalue weighted by Crippen LogP contribution is 2.49. The summed E-state index contributed by atoms with van der Waals surface area (Å²) in [5, 5.41) is 3.17. The third-order valence-corrected chi connectivity index (χ3v) is 5.99. The Hall–Kier alpha value is -2.14. The first-order chi connectivity index (χ1) is 12.2. The number of carbonyl (C=O) groups is 1. The summed E-state index contributed by atoms with van der Waals surface area (Å²) in [5.41, 5.74) is 3.07. The van der Waals surface area contributed by atoms with Crippen LogP contribution in [0.4, 0.5) is 0 Å². The maximum atomic E-state index is 13.1. The van der Waals surface area contributed by atoms with Gasteiger partial charge in [0.25, 0.3) is 0 Å². The van der Waals surface area contributed by atoms with E-state index in [4.69, 9.17) is 0 Å². The van der Waals surface area contributed by atoms with Crippen LogP contribution < -0.4 is 5.32 Å². The molecule has 1 aliphatic carbocycles. The van der Waals surface area contributed by atoms with Crippen LogP contribution in [0.2, 0.25) is 0 Å². The second-order valence-corrected chi connectivity index (χ2v) is 7.56. The summed E-state index contributed by atoms with van der Waals surface area (Å²) in [6.07, 6.45) is 5.03. The lowest BCUT2D eigenvalue weighted by Gasteiger charge is -2.27. The molecule has 4 rings (SSSR count). The lowest BCUT2D eigenvalue weighted by Crippen LogP contribution is -2.44. The quantitative estimate of drug-likeness (QED) is 0.881. The third kappa shape index (κ3) is 3.09. The van der Waals surface area contributed by atoms with Crippen molar-refractivity contribution in [3.05, 3.63) is 53.6 Å². The molecule has 1 aromatic carbocycles. The Balaban J connectivity index is 1.43. The Morgan fingerprint density at radius 2 is 2.24 bits per heavy atom. The van der Waals surface area contributed by atoms with E-state index in [1.807, 2.05) is 13.0 Å². The number of aryl methyl sites for hydroxylation is 1. The van der Waals surface area contributed by atoms with Gasteiger partial charge in [-0.3, -0.25) is 9.69 Å². The van der Waals surface area contributed by atoms with Gasteiger partial charge in [0.2, 0.25) is 5.91 Å². The first kappa shape index (κ1) is 16.3. The molecule has 5 heteroatoms. The number of likely N-dealkylation sites (tertiary alicyclic amines) is 1. The Labute approximate surface area is 148 Å². The van der Waals surface area contributed by atoms with Crippen molar-refractivity contribution < 1.29 is 4.79 Å². The summed E-state index contributed by atoms with van der Waals surface area (Å²) in [5.74, 6) is 0.699. The van der Waals surface area contributed by atoms with Gasteiger partial charge in [0.1, 0.15) is 0 Å². The molecule has 1 saturated heterocycles. The molecule has 2 heterocycles. The summed E-state index contributed by atoms with van der Waals surface area (Å²) < 4.78 is 0. The highest BCUT2D eigenvalue weighted by atomic mass is 16.2. The van der Waals surface area contributed by atoms with Crippen molar-refractivity contribution >= 4 is 5.91 Å². The van der Waals surface area contributed by atoms with E-state index in [0.717, 1.165) is 37.4 Å². The second kappa shape index (κ2) is 6.64. The van der Waals surface area contributed by atoms with Gasteiger partial charge in [-0.2, -0.15) is 0 Å². The van der Waals surface area contributed by atoms with Gasteiger partial charge in [0, 0.05) is 25.3 Å². The Morgan fingerprint density at radius 1 is 1.40 bits per heavy atom. The van der Waals surface area contributed by atoms with Gasteiger partial charge in [-0.1, -0.05) is 36.8 Å². The van der Waals surface area contributed by atoms with Crippen LogP contribution in [0.25, 0.3) is 0 Å². The molecule has 1 saturated carbocycles. The molecule has 2 aliphatic rings. The number of amides is 1. The summed E-state index contributed by atoms with van der Waals surface area (Å²) >= 11 is 0. The normalized spacial score (nSPS) is 25.9. The van der Waals surface area contributed by atoms with Crippen molar-refractivity contribution in [3.63, 3.8) is 0 Å². The number of H-pyrrole nitrogens is 1. The van der Waals surface area contributed by atoms with E-state index in [-0.39, 0.29) is 11.3 Å². The van der Waals surface area contributed by atoms with E-state index in [1.54, 1.807) is 6.33 Å². The summed E-state index contributed by atoms with van der Waals surface area (Å²) in [4.78, 5) is 22.9. The van der Waals surface area contributed by atoms with Crippen molar-refractivity contribution in [3.8, 4) is 0 Å². The molecule has 25 heavy (non-hydrogen) atoms. The number of rotatable bonds is 5. The number of aromatic nitrogens is 2. The molecule has 0 unspecified atom stereocenters. The molecule has 2 atom stereocenters. The van der Waals surface area contributed by atoms with Crippen molar-refractivity contribution in [2.75, 3.05) is 13.1 Å². The minimum absolute atomic E-state index is 0.209. The fraction of sp³-hybridized carbons (Fsp3) is 0.500. The molecule has 1 amide bonds. The molecule has 5 nitrogen and oxygen atoms in total. The SMILES string of the molecule is Cc1[nH]cnc1CNC(=O)[C@@]12CCC[C@@H]1CN(Cc1ccccc1)C2. The van der Waals surface area contributed by atoms with E-state index in [2.05, 4.69) is 44.5 Å². The largest absolute Gasteiger partial charge is 0.350 e. The number of aromatic amines is 1. The van der Waals surface area contributed by atoms with E-state index < -0.39 is 0 Å². The predicted octanol–water partition coefficient (Wildman–Crippen LogP) is 2.64. The number of imidazole rings is 1. The van der Waals surface area contributed by atoms with E-state index >= 15 is 0 Å². The topological polar surface area (TPSA) is 61.0 Å². The van der Waals surface area contributed by atoms with Crippen LogP contribution in [0.3, 0.4) is 0 Å². The number of carbonyl (C=O) groups excluding carboxylic acids is 1. The van der Waals surface area contributed by atoms with Crippen LogP contribution in [0, 0.1) is 18.3 Å². The fourth-order valence-electron chi connectivity index (χ4n) is 4.63. The van der Waals surface area contributed by atoms with Gasteiger partial charge in [0.05, 0.1) is 24.0 Å². The van der Waals surface area contributed by atoms with Crippen LogP contribution >= 0.6 is 0 Å². The standard InChI is InChI=1S/C20H26N4O/c1-15-18(23-14-22-15)10-21-19(25)20-9-5-8-17(20)12-24(13-20)11-16-6-3-2-4-7-16/h2-4,6-7,14,17H,5,8-13H2,1H3,(H,21,25)(H,22,23)/t17-,20-/m1/s1. The number of nitrogens with zero attached hydrogens (tertiary/aromatic N) is 2. The molecule has 2 aromatic rings. The molecular weight excluding hydrogens is 312 g/mol. The third-order valence-electron chi connectivity index (χ3n) is 5.99.